The van der Waals surface area contributed by atoms with E-state index in [0.29, 0.717) is 11.4 Å². The average Bonchev–Trinajstić information content (AvgIpc) is 2.42. The molecular weight excluding hydrogens is 226 g/mol. The SMILES string of the molecule is C=CC(=O)Nc1ccccc1Oc1ccccc1. The van der Waals surface area contributed by atoms with E-state index >= 15 is 0 Å². The summed E-state index contributed by atoms with van der Waals surface area (Å²) in [6.45, 7) is 3.42. The van der Waals surface area contributed by atoms with Gasteiger partial charge in [0.25, 0.3) is 0 Å². The van der Waals surface area contributed by atoms with E-state index in [1.54, 1.807) is 12.1 Å². The van der Waals surface area contributed by atoms with Crippen molar-refractivity contribution in [2.24, 2.45) is 0 Å². The maximum Gasteiger partial charge on any atom is 0.247 e. The molecule has 0 bridgehead atoms. The Morgan fingerprint density at radius 2 is 1.72 bits per heavy atom. The summed E-state index contributed by atoms with van der Waals surface area (Å²) >= 11 is 0. The second-order valence-electron chi connectivity index (χ2n) is 3.60. The largest absolute Gasteiger partial charge is 0.455 e. The van der Waals surface area contributed by atoms with Crippen molar-refractivity contribution in [1.82, 2.24) is 0 Å². The third-order valence-electron chi connectivity index (χ3n) is 2.30. The summed E-state index contributed by atoms with van der Waals surface area (Å²) in [5.74, 6) is 1.05. The molecule has 0 atom stereocenters. The molecule has 0 radical (unpaired) electrons. The molecule has 1 N–H and O–H groups in total. The molecule has 0 unspecified atom stereocenters. The van der Waals surface area contributed by atoms with Crippen LogP contribution in [0.25, 0.3) is 0 Å². The predicted molar refractivity (Wildman–Crippen MR) is 71.8 cm³/mol. The molecule has 2 rings (SSSR count). The number of para-hydroxylation sites is 3. The van der Waals surface area contributed by atoms with Gasteiger partial charge in [-0.2, -0.15) is 0 Å². The lowest BCUT2D eigenvalue weighted by atomic mass is 10.3. The summed E-state index contributed by atoms with van der Waals surface area (Å²) in [5, 5.41) is 2.70. The molecule has 90 valence electrons. The van der Waals surface area contributed by atoms with Crippen LogP contribution in [-0.4, -0.2) is 5.91 Å². The van der Waals surface area contributed by atoms with Crippen molar-refractivity contribution in [3.63, 3.8) is 0 Å². The standard InChI is InChI=1S/C15H13NO2/c1-2-15(17)16-13-10-6-7-11-14(13)18-12-8-4-3-5-9-12/h2-11H,1H2,(H,16,17). The van der Waals surface area contributed by atoms with Crippen LogP contribution in [0.1, 0.15) is 0 Å². The number of rotatable bonds is 4. The molecule has 0 aromatic heterocycles. The average molecular weight is 239 g/mol. The van der Waals surface area contributed by atoms with Crippen molar-refractivity contribution < 1.29 is 9.53 Å². The normalized spacial score (nSPS) is 9.56. The molecule has 18 heavy (non-hydrogen) atoms. The Kier molecular flexibility index (Phi) is 3.76. The van der Waals surface area contributed by atoms with E-state index in [2.05, 4.69) is 11.9 Å². The molecule has 1 amide bonds. The molecule has 0 aliphatic heterocycles. The predicted octanol–water partition coefficient (Wildman–Crippen LogP) is 3.60. The summed E-state index contributed by atoms with van der Waals surface area (Å²) in [6, 6.07) is 16.7. The van der Waals surface area contributed by atoms with Crippen LogP contribution in [-0.2, 0) is 4.79 Å². The third kappa shape index (κ3) is 2.98. The van der Waals surface area contributed by atoms with Gasteiger partial charge in [0, 0.05) is 0 Å². The highest BCUT2D eigenvalue weighted by molar-refractivity contribution is 5.99. The monoisotopic (exact) mass is 239 g/mol. The maximum atomic E-state index is 11.3. The Morgan fingerprint density at radius 1 is 1.06 bits per heavy atom. The quantitative estimate of drug-likeness (QED) is 0.828. The fourth-order valence-electron chi connectivity index (χ4n) is 1.46. The van der Waals surface area contributed by atoms with Gasteiger partial charge in [-0.25, -0.2) is 0 Å². The fourth-order valence-corrected chi connectivity index (χ4v) is 1.46. The Labute approximate surface area is 106 Å². The highest BCUT2D eigenvalue weighted by atomic mass is 16.5. The molecule has 0 aliphatic rings. The van der Waals surface area contributed by atoms with Crippen LogP contribution in [0.4, 0.5) is 5.69 Å². The van der Waals surface area contributed by atoms with E-state index in [-0.39, 0.29) is 5.91 Å². The van der Waals surface area contributed by atoms with Crippen molar-refractivity contribution in [1.29, 1.82) is 0 Å². The lowest BCUT2D eigenvalue weighted by Crippen LogP contribution is -2.08. The molecule has 2 aromatic rings. The third-order valence-corrected chi connectivity index (χ3v) is 2.30. The first-order valence-corrected chi connectivity index (χ1v) is 5.55. The minimum atomic E-state index is -0.265. The maximum absolute atomic E-state index is 11.3. The van der Waals surface area contributed by atoms with Gasteiger partial charge < -0.3 is 10.1 Å². The number of hydrogen-bond donors (Lipinski definition) is 1. The lowest BCUT2D eigenvalue weighted by Gasteiger charge is -2.10. The Hall–Kier alpha value is -2.55. The number of carbonyl (C=O) groups excluding carboxylic acids is 1. The minimum absolute atomic E-state index is 0.265. The molecule has 0 saturated carbocycles. The molecule has 0 spiro atoms. The van der Waals surface area contributed by atoms with E-state index in [1.807, 2.05) is 42.5 Å². The van der Waals surface area contributed by atoms with Gasteiger partial charge >= 0.3 is 0 Å². The molecule has 3 nitrogen and oxygen atoms in total. The molecule has 0 fully saturated rings. The van der Waals surface area contributed by atoms with E-state index in [0.717, 1.165) is 5.75 Å². The number of amides is 1. The van der Waals surface area contributed by atoms with Crippen molar-refractivity contribution in [3.8, 4) is 11.5 Å². The zero-order valence-corrected chi connectivity index (χ0v) is 9.80. The Bertz CT molecular complexity index is 549. The van der Waals surface area contributed by atoms with E-state index in [4.69, 9.17) is 4.74 Å². The second-order valence-corrected chi connectivity index (χ2v) is 3.60. The van der Waals surface area contributed by atoms with Gasteiger partial charge in [-0.3, -0.25) is 4.79 Å². The zero-order chi connectivity index (χ0) is 12.8. The van der Waals surface area contributed by atoms with Crippen LogP contribution in [0.5, 0.6) is 11.5 Å². The van der Waals surface area contributed by atoms with Crippen LogP contribution in [0.15, 0.2) is 67.3 Å². The van der Waals surface area contributed by atoms with Crippen molar-refractivity contribution >= 4 is 11.6 Å². The van der Waals surface area contributed by atoms with Crippen LogP contribution < -0.4 is 10.1 Å². The summed E-state index contributed by atoms with van der Waals surface area (Å²) < 4.78 is 5.71. The van der Waals surface area contributed by atoms with Gasteiger partial charge in [-0.15, -0.1) is 0 Å². The summed E-state index contributed by atoms with van der Waals surface area (Å²) in [6.07, 6.45) is 1.22. The summed E-state index contributed by atoms with van der Waals surface area (Å²) in [7, 11) is 0. The summed E-state index contributed by atoms with van der Waals surface area (Å²) in [5.41, 5.74) is 0.617. The number of carbonyl (C=O) groups is 1. The second kappa shape index (κ2) is 5.68. The Morgan fingerprint density at radius 3 is 2.44 bits per heavy atom. The topological polar surface area (TPSA) is 38.3 Å². The van der Waals surface area contributed by atoms with Gasteiger partial charge in [-0.05, 0) is 30.3 Å². The van der Waals surface area contributed by atoms with Gasteiger partial charge in [0.15, 0.2) is 5.75 Å². The van der Waals surface area contributed by atoms with E-state index in [9.17, 15) is 4.79 Å². The van der Waals surface area contributed by atoms with Crippen molar-refractivity contribution in [3.05, 3.63) is 67.3 Å². The van der Waals surface area contributed by atoms with Crippen molar-refractivity contribution in [2.45, 2.75) is 0 Å². The number of anilines is 1. The molecule has 2 aromatic carbocycles. The number of ether oxygens (including phenoxy) is 1. The van der Waals surface area contributed by atoms with Crippen LogP contribution in [0.3, 0.4) is 0 Å². The molecule has 0 saturated heterocycles. The van der Waals surface area contributed by atoms with Crippen LogP contribution in [0, 0.1) is 0 Å². The zero-order valence-electron chi connectivity index (χ0n) is 9.80. The van der Waals surface area contributed by atoms with Gasteiger partial charge in [0.05, 0.1) is 5.69 Å². The Balaban J connectivity index is 2.22. The van der Waals surface area contributed by atoms with Crippen molar-refractivity contribution in [2.75, 3.05) is 5.32 Å². The number of benzene rings is 2. The molecule has 0 aliphatic carbocycles. The van der Waals surface area contributed by atoms with E-state index in [1.165, 1.54) is 6.08 Å². The van der Waals surface area contributed by atoms with Gasteiger partial charge in [0.1, 0.15) is 5.75 Å². The first-order valence-electron chi connectivity index (χ1n) is 5.55. The first-order chi connectivity index (χ1) is 8.79. The minimum Gasteiger partial charge on any atom is -0.455 e. The lowest BCUT2D eigenvalue weighted by molar-refractivity contribution is -0.111. The number of hydrogen-bond acceptors (Lipinski definition) is 2. The van der Waals surface area contributed by atoms with Crippen LogP contribution >= 0.6 is 0 Å². The van der Waals surface area contributed by atoms with Crippen LogP contribution in [0.2, 0.25) is 0 Å². The summed E-state index contributed by atoms with van der Waals surface area (Å²) in [4.78, 5) is 11.3. The van der Waals surface area contributed by atoms with Gasteiger partial charge in [0.2, 0.25) is 5.91 Å². The molecule has 3 heteroatoms. The van der Waals surface area contributed by atoms with E-state index < -0.39 is 0 Å². The van der Waals surface area contributed by atoms with Gasteiger partial charge in [-0.1, -0.05) is 36.9 Å². The first kappa shape index (κ1) is 11.9. The molecular formula is C15H13NO2. The number of nitrogens with one attached hydrogen (secondary N) is 1. The molecule has 0 heterocycles. The highest BCUT2D eigenvalue weighted by Crippen LogP contribution is 2.28. The highest BCUT2D eigenvalue weighted by Gasteiger charge is 2.05. The smallest absolute Gasteiger partial charge is 0.247 e. The fraction of sp³-hybridized carbons (Fsp3) is 0.